The number of carbonyl (C=O) groups excluding carboxylic acids is 4. The Hall–Kier alpha value is -2.61. The number of rotatable bonds is 9. The number of nitrogens with one attached hydrogen (secondary N) is 2. The summed E-state index contributed by atoms with van der Waals surface area (Å²) in [6, 6.07) is 7.66. The van der Waals surface area contributed by atoms with Gasteiger partial charge in [0.25, 0.3) is 11.1 Å². The van der Waals surface area contributed by atoms with E-state index in [2.05, 4.69) is 10.6 Å². The number of aryl methyl sites for hydroxylation is 1. The Morgan fingerprint density at radius 2 is 1.64 bits per heavy atom. The van der Waals surface area contributed by atoms with E-state index < -0.39 is 0 Å². The fourth-order valence-electron chi connectivity index (χ4n) is 2.48. The summed E-state index contributed by atoms with van der Waals surface area (Å²) >= 11 is 0.894. The lowest BCUT2D eigenvalue weighted by molar-refractivity contribution is -0.126. The van der Waals surface area contributed by atoms with Crippen LogP contribution in [0.4, 0.5) is 4.79 Å². The highest BCUT2D eigenvalue weighted by atomic mass is 32.2. The number of nitrogens with zero attached hydrogens (tertiary/aromatic N) is 1. The quantitative estimate of drug-likeness (QED) is 0.618. The summed E-state index contributed by atoms with van der Waals surface area (Å²) < 4.78 is 0. The zero-order chi connectivity index (χ0) is 20.5. The fraction of sp³-hybridized carbons (Fsp3) is 0.400. The van der Waals surface area contributed by atoms with Crippen LogP contribution in [0.15, 0.2) is 29.2 Å². The highest BCUT2D eigenvalue weighted by Gasteiger charge is 2.34. The van der Waals surface area contributed by atoms with Gasteiger partial charge in [0.2, 0.25) is 11.8 Å². The summed E-state index contributed by atoms with van der Waals surface area (Å²) in [6.45, 7) is 4.78. The molecule has 1 aromatic rings. The smallest absolute Gasteiger partial charge is 0.293 e. The van der Waals surface area contributed by atoms with Gasteiger partial charge in [-0.25, -0.2) is 0 Å². The Kier molecular flexibility index (Phi) is 8.25. The minimum Gasteiger partial charge on any atom is -0.356 e. The summed E-state index contributed by atoms with van der Waals surface area (Å²) in [5, 5.41) is 4.99. The molecule has 7 nitrogen and oxygen atoms in total. The maximum absolute atomic E-state index is 12.4. The Labute approximate surface area is 168 Å². The van der Waals surface area contributed by atoms with Crippen LogP contribution in [0, 0.1) is 6.92 Å². The zero-order valence-electron chi connectivity index (χ0n) is 16.1. The molecule has 150 valence electrons. The van der Waals surface area contributed by atoms with Gasteiger partial charge in [0.1, 0.15) is 0 Å². The first-order chi connectivity index (χ1) is 13.4. The second-order valence-corrected chi connectivity index (χ2v) is 7.44. The van der Waals surface area contributed by atoms with Gasteiger partial charge in [-0.05, 0) is 36.7 Å². The lowest BCUT2D eigenvalue weighted by Crippen LogP contribution is -2.37. The van der Waals surface area contributed by atoms with Crippen molar-refractivity contribution in [3.63, 3.8) is 0 Å². The van der Waals surface area contributed by atoms with Gasteiger partial charge in [-0.3, -0.25) is 24.1 Å². The van der Waals surface area contributed by atoms with Crippen molar-refractivity contribution in [2.75, 3.05) is 19.6 Å². The Morgan fingerprint density at radius 3 is 2.25 bits per heavy atom. The molecule has 1 aliphatic heterocycles. The molecule has 1 fully saturated rings. The van der Waals surface area contributed by atoms with Crippen molar-refractivity contribution in [2.45, 2.75) is 33.1 Å². The summed E-state index contributed by atoms with van der Waals surface area (Å²) in [5.41, 5.74) is 1.97. The molecule has 1 heterocycles. The van der Waals surface area contributed by atoms with E-state index in [1.54, 1.807) is 6.08 Å². The number of imide groups is 1. The number of hydrogen-bond donors (Lipinski definition) is 2. The highest BCUT2D eigenvalue weighted by molar-refractivity contribution is 8.18. The molecular formula is C20H25N3O4S. The SMILES string of the molecule is CCCNC(=O)CCC(=O)NCCN1C(=O)S/C(=C/c2ccc(C)cc2)C1=O. The van der Waals surface area contributed by atoms with Gasteiger partial charge in [0.05, 0.1) is 4.91 Å². The Bertz CT molecular complexity index is 774. The van der Waals surface area contributed by atoms with Gasteiger partial charge < -0.3 is 10.6 Å². The molecule has 0 atom stereocenters. The second kappa shape index (κ2) is 10.7. The normalized spacial score (nSPS) is 15.2. The van der Waals surface area contributed by atoms with Crippen LogP contribution in [0.5, 0.6) is 0 Å². The maximum atomic E-state index is 12.4. The maximum Gasteiger partial charge on any atom is 0.293 e. The van der Waals surface area contributed by atoms with Crippen molar-refractivity contribution < 1.29 is 19.2 Å². The summed E-state index contributed by atoms with van der Waals surface area (Å²) in [7, 11) is 0. The Balaban J connectivity index is 1.79. The van der Waals surface area contributed by atoms with E-state index in [4.69, 9.17) is 0 Å². The molecule has 4 amide bonds. The van der Waals surface area contributed by atoms with Crippen LogP contribution < -0.4 is 10.6 Å². The number of hydrogen-bond acceptors (Lipinski definition) is 5. The Morgan fingerprint density at radius 1 is 1.04 bits per heavy atom. The molecule has 0 radical (unpaired) electrons. The van der Waals surface area contributed by atoms with Crippen molar-refractivity contribution in [1.29, 1.82) is 0 Å². The molecule has 8 heteroatoms. The molecule has 1 aromatic carbocycles. The number of benzene rings is 1. The predicted molar refractivity (Wildman–Crippen MR) is 109 cm³/mol. The third kappa shape index (κ3) is 6.53. The largest absolute Gasteiger partial charge is 0.356 e. The first-order valence-corrected chi connectivity index (χ1v) is 10.1. The summed E-state index contributed by atoms with van der Waals surface area (Å²) in [5.74, 6) is -0.804. The van der Waals surface area contributed by atoms with Crippen LogP contribution in [-0.4, -0.2) is 47.5 Å². The molecule has 0 saturated carbocycles. The van der Waals surface area contributed by atoms with Gasteiger partial charge in [0.15, 0.2) is 0 Å². The van der Waals surface area contributed by atoms with Crippen molar-refractivity contribution in [1.82, 2.24) is 15.5 Å². The van der Waals surface area contributed by atoms with Gasteiger partial charge in [0, 0.05) is 32.5 Å². The summed E-state index contributed by atoms with van der Waals surface area (Å²) in [4.78, 5) is 49.3. The third-order valence-corrected chi connectivity index (χ3v) is 4.96. The van der Waals surface area contributed by atoms with E-state index in [1.165, 1.54) is 0 Å². The fourth-order valence-corrected chi connectivity index (χ4v) is 3.35. The van der Waals surface area contributed by atoms with Crippen LogP contribution in [0.1, 0.15) is 37.3 Å². The van der Waals surface area contributed by atoms with Gasteiger partial charge in [-0.15, -0.1) is 0 Å². The minimum absolute atomic E-state index is 0.0742. The van der Waals surface area contributed by atoms with Crippen molar-refractivity contribution >= 4 is 40.8 Å². The topological polar surface area (TPSA) is 95.6 Å². The predicted octanol–water partition coefficient (Wildman–Crippen LogP) is 2.45. The monoisotopic (exact) mass is 403 g/mol. The van der Waals surface area contributed by atoms with E-state index in [0.29, 0.717) is 11.4 Å². The lowest BCUT2D eigenvalue weighted by atomic mass is 10.1. The number of carbonyl (C=O) groups is 4. The zero-order valence-corrected chi connectivity index (χ0v) is 16.9. The van der Waals surface area contributed by atoms with Crippen LogP contribution in [0.25, 0.3) is 6.08 Å². The molecule has 1 saturated heterocycles. The van der Waals surface area contributed by atoms with Crippen LogP contribution in [0.3, 0.4) is 0 Å². The molecule has 0 aromatic heterocycles. The average molecular weight is 404 g/mol. The van der Waals surface area contributed by atoms with Gasteiger partial charge >= 0.3 is 0 Å². The number of amides is 4. The molecule has 0 aliphatic carbocycles. The van der Waals surface area contributed by atoms with E-state index in [-0.39, 0.29) is 48.9 Å². The second-order valence-electron chi connectivity index (χ2n) is 6.44. The lowest BCUT2D eigenvalue weighted by Gasteiger charge is -2.13. The number of thioether (sulfide) groups is 1. The van der Waals surface area contributed by atoms with Crippen molar-refractivity contribution in [3.8, 4) is 0 Å². The molecule has 0 unspecified atom stereocenters. The molecule has 0 bridgehead atoms. The van der Waals surface area contributed by atoms with Crippen LogP contribution in [-0.2, 0) is 14.4 Å². The van der Waals surface area contributed by atoms with Crippen LogP contribution >= 0.6 is 11.8 Å². The highest BCUT2D eigenvalue weighted by Crippen LogP contribution is 2.31. The van der Waals surface area contributed by atoms with Gasteiger partial charge in [-0.1, -0.05) is 36.8 Å². The standard InChI is InChI=1S/C20H25N3O4S/c1-3-10-21-17(24)8-9-18(25)22-11-12-23-19(26)16(28-20(23)27)13-15-6-4-14(2)5-7-15/h4-7,13H,3,8-12H2,1-2H3,(H,21,24)(H,22,25)/b16-13+. The van der Waals surface area contributed by atoms with E-state index >= 15 is 0 Å². The molecule has 2 N–H and O–H groups in total. The first kappa shape index (κ1) is 21.7. The first-order valence-electron chi connectivity index (χ1n) is 9.26. The molecule has 0 spiro atoms. The third-order valence-electron chi connectivity index (χ3n) is 4.06. The van der Waals surface area contributed by atoms with Crippen molar-refractivity contribution in [3.05, 3.63) is 40.3 Å². The molecule has 28 heavy (non-hydrogen) atoms. The van der Waals surface area contributed by atoms with Gasteiger partial charge in [-0.2, -0.15) is 0 Å². The summed E-state index contributed by atoms with van der Waals surface area (Å²) in [6.07, 6.45) is 2.73. The molecule has 2 rings (SSSR count). The van der Waals surface area contributed by atoms with Crippen molar-refractivity contribution in [2.24, 2.45) is 0 Å². The van der Waals surface area contributed by atoms with E-state index in [9.17, 15) is 19.2 Å². The average Bonchev–Trinajstić information content (AvgIpc) is 2.93. The van der Waals surface area contributed by atoms with E-state index in [0.717, 1.165) is 34.2 Å². The van der Waals surface area contributed by atoms with E-state index in [1.807, 2.05) is 38.1 Å². The van der Waals surface area contributed by atoms with Crippen LogP contribution in [0.2, 0.25) is 0 Å². The molecular weight excluding hydrogens is 378 g/mol. The minimum atomic E-state index is -0.358. The molecule has 1 aliphatic rings.